The normalized spacial score (nSPS) is 32.7. The Morgan fingerprint density at radius 3 is 1.07 bits per heavy atom. The highest BCUT2D eigenvalue weighted by Crippen LogP contribution is 2.56. The summed E-state index contributed by atoms with van der Waals surface area (Å²) in [5, 5.41) is 22.1. The lowest BCUT2D eigenvalue weighted by atomic mass is 9.55. The fourth-order valence-electron chi connectivity index (χ4n) is 13.4. The molecule has 0 saturated heterocycles. The van der Waals surface area contributed by atoms with Crippen LogP contribution in [0.2, 0.25) is 0 Å². The van der Waals surface area contributed by atoms with E-state index >= 15 is 0 Å². The van der Waals surface area contributed by atoms with Crippen LogP contribution in [0.25, 0.3) is 0 Å². The molecule has 0 amide bonds. The molecule has 8 bridgehead atoms. The second kappa shape index (κ2) is 16.1. The van der Waals surface area contributed by atoms with Gasteiger partial charge in [-0.2, -0.15) is 0 Å². The van der Waals surface area contributed by atoms with E-state index in [-0.39, 0.29) is 34.9 Å². The van der Waals surface area contributed by atoms with Crippen molar-refractivity contribution in [3.8, 4) is 0 Å². The smallest absolute Gasteiger partial charge is 0.343 e. The molecule has 10 rings (SSSR count). The van der Waals surface area contributed by atoms with Gasteiger partial charge >= 0.3 is 11.9 Å². The standard InChI is InChI=1S/C50H64N2O6/c1-25-9-27(3)43(28(4)10-25)45(51-23-41(31(7)53)49(55)57-47-37-15-33-13-34(17-37)18-38(47)16-33)46(44-29(5)11-26(2)12-30(44)6)52-24-42(32(8)54)50(56)58-48-39-19-35-14-36(21-39)22-40(48)20-35/h9-12,23-24,33-40,45-48,53-54H,13-22H2,1-8H3/b41-31-,42-32+,51-23?,52-24?/t33?,34?,35?,36?,37?,38?,39?,40?,45-,46-,47?,48?/m0/s1. The minimum absolute atomic E-state index is 0.0346. The molecule has 2 N–H and O–H groups in total. The summed E-state index contributed by atoms with van der Waals surface area (Å²) < 4.78 is 12.6. The van der Waals surface area contributed by atoms with Gasteiger partial charge in [-0.1, -0.05) is 35.4 Å². The molecule has 2 aromatic carbocycles. The molecule has 8 heteroatoms. The van der Waals surface area contributed by atoms with E-state index in [0.717, 1.165) is 120 Å². The predicted molar refractivity (Wildman–Crippen MR) is 228 cm³/mol. The maximum atomic E-state index is 14.1. The number of esters is 2. The van der Waals surface area contributed by atoms with Crippen molar-refractivity contribution >= 4 is 24.4 Å². The lowest BCUT2D eigenvalue weighted by Gasteiger charge is -2.53. The summed E-state index contributed by atoms with van der Waals surface area (Å²) in [5.41, 5.74) is 8.23. The van der Waals surface area contributed by atoms with Crippen molar-refractivity contribution < 1.29 is 29.3 Å². The lowest BCUT2D eigenvalue weighted by molar-refractivity contribution is -0.166. The number of ether oxygens (including phenoxy) is 2. The number of carbonyl (C=O) groups is 2. The monoisotopic (exact) mass is 788 g/mol. The predicted octanol–water partition coefficient (Wildman–Crippen LogP) is 10.9. The zero-order chi connectivity index (χ0) is 41.2. The Bertz CT molecular complexity index is 1830. The van der Waals surface area contributed by atoms with Gasteiger partial charge in [0.1, 0.15) is 47.0 Å². The molecular formula is C50H64N2O6. The molecule has 8 fully saturated rings. The molecule has 2 aromatic rings. The third-order valence-corrected chi connectivity index (χ3v) is 15.1. The van der Waals surface area contributed by atoms with Gasteiger partial charge in [-0.05, 0) is 200 Å². The molecule has 0 aliphatic heterocycles. The van der Waals surface area contributed by atoms with E-state index in [1.165, 1.54) is 39.1 Å². The van der Waals surface area contributed by atoms with Crippen molar-refractivity contribution in [2.24, 2.45) is 57.3 Å². The summed E-state index contributed by atoms with van der Waals surface area (Å²) >= 11 is 0. The van der Waals surface area contributed by atoms with E-state index in [1.807, 2.05) is 0 Å². The van der Waals surface area contributed by atoms with Gasteiger partial charge in [-0.25, -0.2) is 9.59 Å². The molecule has 2 atom stereocenters. The topological polar surface area (TPSA) is 118 Å². The molecule has 0 aromatic heterocycles. The number of carbonyl (C=O) groups excluding carboxylic acids is 2. The third kappa shape index (κ3) is 7.93. The van der Waals surface area contributed by atoms with Gasteiger partial charge in [0.2, 0.25) is 0 Å². The van der Waals surface area contributed by atoms with Gasteiger partial charge in [-0.15, -0.1) is 0 Å². The summed E-state index contributed by atoms with van der Waals surface area (Å²) in [5.74, 6) is 3.08. The van der Waals surface area contributed by atoms with Gasteiger partial charge in [0.05, 0.1) is 0 Å². The minimum Gasteiger partial charge on any atom is -0.512 e. The summed E-state index contributed by atoms with van der Waals surface area (Å²) in [6.07, 6.45) is 14.2. The minimum atomic E-state index is -0.680. The van der Waals surface area contributed by atoms with Crippen LogP contribution in [0.3, 0.4) is 0 Å². The van der Waals surface area contributed by atoms with Crippen molar-refractivity contribution in [1.29, 1.82) is 0 Å². The Kier molecular flexibility index (Phi) is 11.3. The molecule has 8 aliphatic carbocycles. The van der Waals surface area contributed by atoms with Crippen molar-refractivity contribution in [3.63, 3.8) is 0 Å². The van der Waals surface area contributed by atoms with Gasteiger partial charge in [0.15, 0.2) is 0 Å². The summed E-state index contributed by atoms with van der Waals surface area (Å²) in [6.45, 7) is 15.4. The molecule has 58 heavy (non-hydrogen) atoms. The number of benzene rings is 2. The number of aliphatic hydroxyl groups is 2. The van der Waals surface area contributed by atoms with Gasteiger partial charge in [-0.3, -0.25) is 9.98 Å². The van der Waals surface area contributed by atoms with Gasteiger partial charge in [0.25, 0.3) is 0 Å². The average Bonchev–Trinajstić information content (AvgIpc) is 3.11. The molecular weight excluding hydrogens is 725 g/mol. The Balaban J connectivity index is 1.16. The van der Waals surface area contributed by atoms with Crippen LogP contribution in [0, 0.1) is 88.9 Å². The van der Waals surface area contributed by atoms with Crippen molar-refractivity contribution in [2.75, 3.05) is 0 Å². The first-order valence-electron chi connectivity index (χ1n) is 22.1. The first kappa shape index (κ1) is 40.6. The molecule has 0 spiro atoms. The largest absolute Gasteiger partial charge is 0.512 e. The molecule has 8 nitrogen and oxygen atoms in total. The van der Waals surface area contributed by atoms with Crippen LogP contribution in [0.4, 0.5) is 0 Å². The lowest BCUT2D eigenvalue weighted by Crippen LogP contribution is -2.50. The number of rotatable bonds is 11. The number of aliphatic hydroxyl groups excluding tert-OH is 2. The van der Waals surface area contributed by atoms with E-state index in [0.29, 0.717) is 23.7 Å². The quantitative estimate of drug-likeness (QED) is 0.101. The van der Waals surface area contributed by atoms with Gasteiger partial charge < -0.3 is 19.7 Å². The Labute approximate surface area is 345 Å². The molecule has 0 unspecified atom stereocenters. The highest BCUT2D eigenvalue weighted by atomic mass is 16.5. The average molecular weight is 789 g/mol. The second-order valence-electron chi connectivity index (χ2n) is 19.7. The van der Waals surface area contributed by atoms with Crippen molar-refractivity contribution in [3.05, 3.63) is 91.4 Å². The number of hydrogen-bond acceptors (Lipinski definition) is 8. The maximum Gasteiger partial charge on any atom is 0.343 e. The molecule has 310 valence electrons. The van der Waals surface area contributed by atoms with E-state index in [4.69, 9.17) is 19.5 Å². The van der Waals surface area contributed by atoms with Crippen molar-refractivity contribution in [1.82, 2.24) is 0 Å². The zero-order valence-electron chi connectivity index (χ0n) is 35.9. The second-order valence-corrected chi connectivity index (χ2v) is 19.7. The third-order valence-electron chi connectivity index (χ3n) is 15.1. The van der Waals surface area contributed by atoms with Gasteiger partial charge in [0, 0.05) is 12.4 Å². The maximum absolute atomic E-state index is 14.1. The van der Waals surface area contributed by atoms with Crippen LogP contribution in [-0.4, -0.2) is 46.8 Å². The SMILES string of the molecule is C/C(O)=C(\C=N[C@@H](c1c(C)cc(C)cc1C)[C@@H](N=C/C(C(=O)OC1C2CC3CC(C2)CC1C3)=C(/C)O)c1c(C)cc(C)cc1C)C(=O)OC1C2CC3CC(C2)CC1C3. The number of aliphatic imine (C=N–C) groups is 2. The van der Waals surface area contributed by atoms with Crippen LogP contribution in [0.1, 0.15) is 135 Å². The first-order chi connectivity index (χ1) is 27.6. The van der Waals surface area contributed by atoms with Crippen LogP contribution in [0.5, 0.6) is 0 Å². The van der Waals surface area contributed by atoms with E-state index in [2.05, 4.69) is 65.8 Å². The summed E-state index contributed by atoms with van der Waals surface area (Å²) in [4.78, 5) is 38.6. The van der Waals surface area contributed by atoms with Crippen LogP contribution in [0.15, 0.2) is 56.9 Å². The summed E-state index contributed by atoms with van der Waals surface area (Å²) in [6, 6.07) is 7.14. The Morgan fingerprint density at radius 1 is 0.534 bits per heavy atom. The summed E-state index contributed by atoms with van der Waals surface area (Å²) in [7, 11) is 0. The van der Waals surface area contributed by atoms with Crippen molar-refractivity contribution in [2.45, 2.75) is 144 Å². The number of allylic oxidation sites excluding steroid dienone is 2. The fraction of sp³-hybridized carbons (Fsp3) is 0.600. The van der Waals surface area contributed by atoms with E-state index in [9.17, 15) is 19.8 Å². The molecule has 0 radical (unpaired) electrons. The van der Waals surface area contributed by atoms with Crippen LogP contribution in [-0.2, 0) is 19.1 Å². The molecule has 8 aliphatic rings. The Morgan fingerprint density at radius 2 is 0.810 bits per heavy atom. The highest BCUT2D eigenvalue weighted by Gasteiger charge is 2.51. The molecule has 8 saturated carbocycles. The number of hydrogen-bond donors (Lipinski definition) is 2. The van der Waals surface area contributed by atoms with E-state index in [1.54, 1.807) is 0 Å². The Hall–Kier alpha value is -4.20. The van der Waals surface area contributed by atoms with Crippen LogP contribution < -0.4 is 0 Å². The number of nitrogens with zero attached hydrogens (tertiary/aromatic N) is 2. The zero-order valence-corrected chi connectivity index (χ0v) is 35.9. The fourth-order valence-corrected chi connectivity index (χ4v) is 13.4. The highest BCUT2D eigenvalue weighted by molar-refractivity contribution is 6.10. The number of aryl methyl sites for hydroxylation is 6. The first-order valence-corrected chi connectivity index (χ1v) is 22.1. The molecule has 0 heterocycles. The van der Waals surface area contributed by atoms with Crippen LogP contribution >= 0.6 is 0 Å². The van der Waals surface area contributed by atoms with E-state index < -0.39 is 24.0 Å².